The first-order chi connectivity index (χ1) is 17.4. The summed E-state index contributed by atoms with van der Waals surface area (Å²) in [5.41, 5.74) is 0.943. The van der Waals surface area contributed by atoms with Gasteiger partial charge in [0.1, 0.15) is 10.8 Å². The van der Waals surface area contributed by atoms with Crippen molar-refractivity contribution in [2.24, 2.45) is 0 Å². The molecule has 1 aliphatic rings. The number of anilines is 2. The highest BCUT2D eigenvalue weighted by molar-refractivity contribution is 9.10. The van der Waals surface area contributed by atoms with Gasteiger partial charge in [-0.05, 0) is 44.0 Å². The van der Waals surface area contributed by atoms with Gasteiger partial charge in [-0.3, -0.25) is 4.79 Å². The zero-order valence-corrected chi connectivity index (χ0v) is 22.4. The highest BCUT2D eigenvalue weighted by Crippen LogP contribution is 2.44. The molecule has 3 aromatic rings. The minimum atomic E-state index is -4.60. The summed E-state index contributed by atoms with van der Waals surface area (Å²) in [6.45, 7) is 4.88. The number of halogens is 4. The number of rotatable bonds is 6. The van der Waals surface area contributed by atoms with Crippen LogP contribution in [0, 0.1) is 6.92 Å². The van der Waals surface area contributed by atoms with E-state index in [1.165, 1.54) is 13.0 Å². The first-order valence-electron chi connectivity index (χ1n) is 11.4. The van der Waals surface area contributed by atoms with E-state index >= 15 is 0 Å². The van der Waals surface area contributed by atoms with E-state index in [0.717, 1.165) is 20.5 Å². The molecule has 1 amide bonds. The predicted molar refractivity (Wildman–Crippen MR) is 136 cm³/mol. The van der Waals surface area contributed by atoms with Gasteiger partial charge >= 0.3 is 12.1 Å². The Morgan fingerprint density at radius 2 is 2.03 bits per heavy atom. The van der Waals surface area contributed by atoms with Gasteiger partial charge < -0.3 is 20.5 Å². The van der Waals surface area contributed by atoms with E-state index in [4.69, 9.17) is 4.74 Å². The molecule has 4 rings (SSSR count). The van der Waals surface area contributed by atoms with Crippen LogP contribution in [0.15, 0.2) is 34.8 Å². The van der Waals surface area contributed by atoms with Gasteiger partial charge in [-0.2, -0.15) is 18.3 Å². The van der Waals surface area contributed by atoms with Crippen LogP contribution in [0.4, 0.5) is 24.0 Å². The van der Waals surface area contributed by atoms with Gasteiger partial charge in [0.15, 0.2) is 11.7 Å². The second-order valence-electron chi connectivity index (χ2n) is 8.55. The minimum Gasteiger partial charge on any atom is -0.462 e. The van der Waals surface area contributed by atoms with Crippen molar-refractivity contribution in [3.05, 3.63) is 62.1 Å². The normalized spacial score (nSPS) is 18.1. The number of esters is 1. The van der Waals surface area contributed by atoms with Crippen LogP contribution in [0.1, 0.15) is 75.3 Å². The number of hydrogen-bond acceptors (Lipinski definition) is 7. The molecular weight excluding hydrogens is 577 g/mol. The number of nitrogens with zero attached hydrogens (tertiary/aromatic N) is 2. The zero-order valence-electron chi connectivity index (χ0n) is 20.0. The Kier molecular flexibility index (Phi) is 7.67. The molecule has 13 heteroatoms. The van der Waals surface area contributed by atoms with E-state index in [0.29, 0.717) is 16.0 Å². The molecular formula is C24H24BrF3N4O4S. The maximum Gasteiger partial charge on any atom is 0.410 e. The maximum atomic E-state index is 14.0. The average molecular weight is 601 g/mol. The lowest BCUT2D eigenvalue weighted by Crippen LogP contribution is -2.35. The van der Waals surface area contributed by atoms with Gasteiger partial charge in [0.05, 0.1) is 24.3 Å². The second-order valence-corrected chi connectivity index (χ2v) is 10.5. The van der Waals surface area contributed by atoms with Crippen molar-refractivity contribution in [1.82, 2.24) is 9.78 Å². The number of carbonyl (C=O) groups is 2. The van der Waals surface area contributed by atoms with Crippen molar-refractivity contribution in [2.75, 3.05) is 17.2 Å². The smallest absolute Gasteiger partial charge is 0.410 e. The second kappa shape index (κ2) is 10.5. The number of ether oxygens (including phenoxy) is 1. The lowest BCUT2D eigenvalue weighted by atomic mass is 9.97. The fourth-order valence-corrected chi connectivity index (χ4v) is 5.62. The third kappa shape index (κ3) is 5.53. The summed E-state index contributed by atoms with van der Waals surface area (Å²) in [5.74, 6) is -1.43. The van der Waals surface area contributed by atoms with Gasteiger partial charge in [0.25, 0.3) is 5.91 Å². The fraction of sp³-hybridized carbons (Fsp3) is 0.375. The third-order valence-electron chi connectivity index (χ3n) is 5.96. The van der Waals surface area contributed by atoms with Crippen LogP contribution in [-0.4, -0.2) is 39.5 Å². The number of nitrogens with one attached hydrogen (secondary N) is 2. The molecule has 0 fully saturated rings. The molecule has 1 aliphatic heterocycles. The molecule has 0 spiro atoms. The van der Waals surface area contributed by atoms with Crippen LogP contribution < -0.4 is 10.6 Å². The van der Waals surface area contributed by atoms with E-state index in [-0.39, 0.29) is 35.1 Å². The number of hydrogen-bond donors (Lipinski definition) is 3. The molecule has 0 radical (unpaired) electrons. The highest BCUT2D eigenvalue weighted by atomic mass is 79.9. The number of aromatic nitrogens is 2. The first kappa shape index (κ1) is 27.1. The van der Waals surface area contributed by atoms with Crippen molar-refractivity contribution in [1.29, 1.82) is 0 Å². The molecule has 0 saturated carbocycles. The Balaban J connectivity index is 1.67. The molecule has 3 N–H and O–H groups in total. The Hall–Kier alpha value is -2.90. The van der Waals surface area contributed by atoms with Gasteiger partial charge in [0.2, 0.25) is 0 Å². The summed E-state index contributed by atoms with van der Waals surface area (Å²) in [6, 6.07) is 5.60. The van der Waals surface area contributed by atoms with Crippen molar-refractivity contribution in [3.63, 3.8) is 0 Å². The highest BCUT2D eigenvalue weighted by Gasteiger charge is 2.47. The van der Waals surface area contributed by atoms with Crippen molar-refractivity contribution >= 4 is 50.0 Å². The number of carbonyl (C=O) groups excluding carboxylic acids is 2. The first-order valence-corrected chi connectivity index (χ1v) is 13.0. The summed E-state index contributed by atoms with van der Waals surface area (Å²) >= 11 is 4.31. The SMILES string of the molecule is CCOC(=O)c1c(NC(=O)c2cc3n(n2)[C@H](C(F)(F)F)C[C@@H](c2ccc(Br)cc2)N3)sc([C@@H](C)O)c1C. The number of aliphatic hydroxyl groups excluding tert-OH is 1. The summed E-state index contributed by atoms with van der Waals surface area (Å²) < 4.78 is 48.7. The van der Waals surface area contributed by atoms with Crippen molar-refractivity contribution < 1.29 is 32.6 Å². The Bertz CT molecular complexity index is 1320. The lowest BCUT2D eigenvalue weighted by molar-refractivity contribution is -0.173. The van der Waals surface area contributed by atoms with Crippen LogP contribution in [0.25, 0.3) is 0 Å². The molecule has 1 aromatic carbocycles. The molecule has 198 valence electrons. The van der Waals surface area contributed by atoms with Crippen LogP contribution in [0.2, 0.25) is 0 Å². The molecule has 3 atom stereocenters. The van der Waals surface area contributed by atoms with Crippen LogP contribution in [0.3, 0.4) is 0 Å². The number of aliphatic hydroxyl groups is 1. The molecule has 2 aromatic heterocycles. The van der Waals surface area contributed by atoms with E-state index in [9.17, 15) is 27.9 Å². The molecule has 8 nitrogen and oxygen atoms in total. The average Bonchev–Trinajstić information content (AvgIpc) is 3.39. The number of fused-ring (bicyclic) bond motifs is 1. The molecule has 0 unspecified atom stereocenters. The van der Waals surface area contributed by atoms with Crippen LogP contribution in [-0.2, 0) is 4.74 Å². The molecule has 37 heavy (non-hydrogen) atoms. The van der Waals surface area contributed by atoms with Crippen molar-refractivity contribution in [3.8, 4) is 0 Å². The van der Waals surface area contributed by atoms with E-state index in [1.807, 2.05) is 0 Å². The summed E-state index contributed by atoms with van der Waals surface area (Å²) in [6.07, 6.45) is -5.82. The summed E-state index contributed by atoms with van der Waals surface area (Å²) in [4.78, 5) is 26.1. The monoisotopic (exact) mass is 600 g/mol. The number of benzene rings is 1. The van der Waals surface area contributed by atoms with E-state index < -0.39 is 36.2 Å². The van der Waals surface area contributed by atoms with Gasteiger partial charge in [-0.15, -0.1) is 11.3 Å². The van der Waals surface area contributed by atoms with Crippen LogP contribution in [0.5, 0.6) is 0 Å². The number of amides is 1. The van der Waals surface area contributed by atoms with Gasteiger partial charge in [-0.1, -0.05) is 28.1 Å². The maximum absolute atomic E-state index is 14.0. The lowest BCUT2D eigenvalue weighted by Gasteiger charge is -2.33. The summed E-state index contributed by atoms with van der Waals surface area (Å²) in [7, 11) is 0. The quantitative estimate of drug-likeness (QED) is 0.293. The topological polar surface area (TPSA) is 105 Å². The summed E-state index contributed by atoms with van der Waals surface area (Å²) in [5, 5.41) is 19.8. The Morgan fingerprint density at radius 1 is 1.35 bits per heavy atom. The number of alkyl halides is 3. The largest absolute Gasteiger partial charge is 0.462 e. The minimum absolute atomic E-state index is 0.0456. The van der Waals surface area contributed by atoms with Gasteiger partial charge in [0, 0.05) is 21.8 Å². The fourth-order valence-electron chi connectivity index (χ4n) is 4.23. The zero-order chi connectivity index (χ0) is 27.1. The van der Waals surface area contributed by atoms with E-state index in [2.05, 4.69) is 31.7 Å². The molecule has 0 saturated heterocycles. The molecule has 0 bridgehead atoms. The standard InChI is InChI=1S/C24H24BrF3N4O4S/c1-4-36-23(35)19-11(2)20(12(3)33)37-22(19)30-21(34)16-10-18-29-15(13-5-7-14(25)8-6-13)9-17(24(26,27)28)32(18)31-16/h5-8,10,12,15,17,29,33H,4,9H2,1-3H3,(H,30,34)/t12-,15+,17+/m1/s1. The number of thiophene rings is 1. The Morgan fingerprint density at radius 3 is 2.62 bits per heavy atom. The molecule has 0 aliphatic carbocycles. The predicted octanol–water partition coefficient (Wildman–Crippen LogP) is 6.16. The van der Waals surface area contributed by atoms with Crippen molar-refractivity contribution in [2.45, 2.75) is 51.6 Å². The van der Waals surface area contributed by atoms with E-state index in [1.54, 1.807) is 38.1 Å². The Labute approximate surface area is 222 Å². The third-order valence-corrected chi connectivity index (χ3v) is 7.87. The van der Waals surface area contributed by atoms with Crippen LogP contribution >= 0.6 is 27.3 Å². The van der Waals surface area contributed by atoms with Gasteiger partial charge in [-0.25, -0.2) is 9.48 Å². The molecule has 3 heterocycles.